The molecule has 0 aliphatic carbocycles. The number of carbonyl (C=O) groups excluding carboxylic acids is 1. The molecule has 0 aliphatic heterocycles. The molecule has 0 aliphatic rings. The lowest BCUT2D eigenvalue weighted by Gasteiger charge is -2.09. The minimum absolute atomic E-state index is 0.0706. The van der Waals surface area contributed by atoms with Crippen molar-refractivity contribution in [2.75, 3.05) is 0 Å². The summed E-state index contributed by atoms with van der Waals surface area (Å²) in [5, 5.41) is 2.90. The van der Waals surface area contributed by atoms with Gasteiger partial charge in [0.25, 0.3) is 0 Å². The average molecular weight is 396 g/mol. The van der Waals surface area contributed by atoms with E-state index in [-0.39, 0.29) is 24.2 Å². The lowest BCUT2D eigenvalue weighted by Crippen LogP contribution is -2.23. The van der Waals surface area contributed by atoms with E-state index in [9.17, 15) is 9.18 Å². The zero-order valence-electron chi connectivity index (χ0n) is 16.7. The van der Waals surface area contributed by atoms with E-state index in [1.54, 1.807) is 18.3 Å². The van der Waals surface area contributed by atoms with Crippen molar-refractivity contribution in [3.8, 4) is 11.3 Å². The number of oxazole rings is 1. The lowest BCUT2D eigenvalue weighted by atomic mass is 10.1. The molecule has 3 aromatic rings. The van der Waals surface area contributed by atoms with Gasteiger partial charge in [-0.05, 0) is 49.2 Å². The number of nitrogens with one attached hydrogen (secondary N) is 1. The Kier molecular flexibility index (Phi) is 7.14. The molecule has 2 aromatic carbocycles. The molecule has 0 saturated carbocycles. The first-order chi connectivity index (χ1) is 14.0. The van der Waals surface area contributed by atoms with E-state index in [0.717, 1.165) is 16.7 Å². The van der Waals surface area contributed by atoms with Gasteiger partial charge in [0.1, 0.15) is 5.82 Å². The predicted octanol–water partition coefficient (Wildman–Crippen LogP) is 4.65. The molecule has 0 atom stereocenters. The molecule has 0 saturated heterocycles. The molecular weight excluding hydrogens is 371 g/mol. The zero-order valence-corrected chi connectivity index (χ0v) is 16.7. The van der Waals surface area contributed by atoms with Crippen LogP contribution < -0.4 is 5.32 Å². The third-order valence-corrected chi connectivity index (χ3v) is 4.34. The summed E-state index contributed by atoms with van der Waals surface area (Å²) in [5.74, 6) is 0.665. The molecule has 152 valence electrons. The molecule has 0 fully saturated rings. The fourth-order valence-corrected chi connectivity index (χ4v) is 2.70. The number of amides is 1. The monoisotopic (exact) mass is 396 g/mol. The molecule has 1 N–H and O–H groups in total. The molecule has 0 bridgehead atoms. The fourth-order valence-electron chi connectivity index (χ4n) is 2.70. The summed E-state index contributed by atoms with van der Waals surface area (Å²) in [5.41, 5.74) is 2.88. The van der Waals surface area contributed by atoms with Crippen LogP contribution in [0.2, 0.25) is 0 Å². The van der Waals surface area contributed by atoms with Crippen molar-refractivity contribution in [2.24, 2.45) is 0 Å². The number of halogens is 1. The van der Waals surface area contributed by atoms with Crippen LogP contribution >= 0.6 is 0 Å². The van der Waals surface area contributed by atoms with Crippen LogP contribution in [0.4, 0.5) is 4.39 Å². The summed E-state index contributed by atoms with van der Waals surface area (Å²) >= 11 is 0. The maximum absolute atomic E-state index is 13.0. The minimum atomic E-state index is -0.302. The average Bonchev–Trinajstić information content (AvgIpc) is 3.19. The topological polar surface area (TPSA) is 64.4 Å². The molecule has 3 rings (SSSR count). The summed E-state index contributed by atoms with van der Waals surface area (Å²) in [6, 6.07) is 14.0. The van der Waals surface area contributed by atoms with Gasteiger partial charge in [-0.25, -0.2) is 9.37 Å². The quantitative estimate of drug-likeness (QED) is 0.572. The van der Waals surface area contributed by atoms with Crippen molar-refractivity contribution in [1.82, 2.24) is 10.3 Å². The molecular formula is C23H25FN2O3. The van der Waals surface area contributed by atoms with Gasteiger partial charge in [0.05, 0.1) is 18.9 Å². The third-order valence-electron chi connectivity index (χ3n) is 4.34. The van der Waals surface area contributed by atoms with Crippen molar-refractivity contribution < 1.29 is 18.3 Å². The number of aromatic nitrogens is 1. The predicted molar refractivity (Wildman–Crippen MR) is 108 cm³/mol. The largest absolute Gasteiger partial charge is 0.441 e. The van der Waals surface area contributed by atoms with E-state index < -0.39 is 0 Å². The van der Waals surface area contributed by atoms with E-state index >= 15 is 0 Å². The lowest BCUT2D eigenvalue weighted by molar-refractivity contribution is -0.121. The van der Waals surface area contributed by atoms with Crippen LogP contribution in [0.25, 0.3) is 11.3 Å². The second-order valence-electron chi connectivity index (χ2n) is 7.08. The van der Waals surface area contributed by atoms with E-state index in [1.165, 1.54) is 12.1 Å². The number of benzene rings is 2. The van der Waals surface area contributed by atoms with Crippen molar-refractivity contribution in [1.29, 1.82) is 0 Å². The van der Waals surface area contributed by atoms with E-state index in [2.05, 4.69) is 10.3 Å². The number of hydrogen-bond acceptors (Lipinski definition) is 4. The van der Waals surface area contributed by atoms with Crippen LogP contribution in [0, 0.1) is 5.82 Å². The molecule has 5 nitrogen and oxygen atoms in total. The molecule has 0 spiro atoms. The number of aryl methyl sites for hydroxylation is 1. The van der Waals surface area contributed by atoms with Crippen molar-refractivity contribution in [3.05, 3.63) is 77.6 Å². The van der Waals surface area contributed by atoms with Crippen molar-refractivity contribution in [2.45, 2.75) is 45.9 Å². The molecule has 1 heterocycles. The summed E-state index contributed by atoms with van der Waals surface area (Å²) in [6.45, 7) is 5.06. The first-order valence-electron chi connectivity index (χ1n) is 9.66. The van der Waals surface area contributed by atoms with Gasteiger partial charge >= 0.3 is 0 Å². The van der Waals surface area contributed by atoms with Crippen LogP contribution in [0.1, 0.15) is 37.3 Å². The SMILES string of the molecule is CC(C)OCc1ccc(CNC(=O)CCc2ncc(-c3ccc(F)cc3)o2)cc1. The van der Waals surface area contributed by atoms with Crippen LogP contribution in [-0.4, -0.2) is 17.0 Å². The molecule has 1 amide bonds. The highest BCUT2D eigenvalue weighted by atomic mass is 19.1. The number of nitrogens with zero attached hydrogens (tertiary/aromatic N) is 1. The Morgan fingerprint density at radius 3 is 2.48 bits per heavy atom. The van der Waals surface area contributed by atoms with Gasteiger partial charge in [-0.1, -0.05) is 24.3 Å². The van der Waals surface area contributed by atoms with Gasteiger partial charge in [-0.15, -0.1) is 0 Å². The van der Waals surface area contributed by atoms with Crippen LogP contribution in [0.15, 0.2) is 59.1 Å². The summed E-state index contributed by atoms with van der Waals surface area (Å²) in [4.78, 5) is 16.3. The van der Waals surface area contributed by atoms with Gasteiger partial charge in [-0.2, -0.15) is 0 Å². The van der Waals surface area contributed by atoms with Crippen LogP contribution in [0.5, 0.6) is 0 Å². The van der Waals surface area contributed by atoms with E-state index in [4.69, 9.17) is 9.15 Å². The van der Waals surface area contributed by atoms with Crippen LogP contribution in [0.3, 0.4) is 0 Å². The Hall–Kier alpha value is -2.99. The minimum Gasteiger partial charge on any atom is -0.441 e. The number of hydrogen-bond donors (Lipinski definition) is 1. The van der Waals surface area contributed by atoms with Gasteiger partial charge in [0.15, 0.2) is 11.7 Å². The Bertz CT molecular complexity index is 918. The highest BCUT2D eigenvalue weighted by Crippen LogP contribution is 2.21. The molecule has 1 aromatic heterocycles. The van der Waals surface area contributed by atoms with Crippen molar-refractivity contribution >= 4 is 5.91 Å². The second kappa shape index (κ2) is 9.98. The number of carbonyl (C=O) groups is 1. The normalized spacial score (nSPS) is 11.0. The molecule has 6 heteroatoms. The first-order valence-corrected chi connectivity index (χ1v) is 9.66. The van der Waals surface area contributed by atoms with Gasteiger partial charge in [0, 0.05) is 24.9 Å². The highest BCUT2D eigenvalue weighted by Gasteiger charge is 2.09. The Labute approximate surface area is 169 Å². The van der Waals surface area contributed by atoms with Crippen molar-refractivity contribution in [3.63, 3.8) is 0 Å². The zero-order chi connectivity index (χ0) is 20.6. The number of ether oxygens (including phenoxy) is 1. The molecule has 0 radical (unpaired) electrons. The maximum atomic E-state index is 13.0. The van der Waals surface area contributed by atoms with Gasteiger partial charge in [-0.3, -0.25) is 4.79 Å². The first kappa shape index (κ1) is 20.7. The molecule has 29 heavy (non-hydrogen) atoms. The Balaban J connectivity index is 1.43. The summed E-state index contributed by atoms with van der Waals surface area (Å²) in [7, 11) is 0. The maximum Gasteiger partial charge on any atom is 0.220 e. The number of rotatable bonds is 9. The standard InChI is InChI=1S/C23H25FN2O3/c1-16(2)28-15-18-5-3-17(4-6-18)13-25-22(27)11-12-23-26-14-21(29-23)19-7-9-20(24)10-8-19/h3-10,14,16H,11-13,15H2,1-2H3,(H,25,27). The third kappa shape index (κ3) is 6.54. The summed E-state index contributed by atoms with van der Waals surface area (Å²) < 4.78 is 24.2. The van der Waals surface area contributed by atoms with Gasteiger partial charge in [0.2, 0.25) is 5.91 Å². The highest BCUT2D eigenvalue weighted by molar-refractivity contribution is 5.76. The van der Waals surface area contributed by atoms with Gasteiger partial charge < -0.3 is 14.5 Å². The second-order valence-corrected chi connectivity index (χ2v) is 7.08. The van der Waals surface area contributed by atoms with E-state index in [0.29, 0.717) is 31.2 Å². The fraction of sp³-hybridized carbons (Fsp3) is 0.304. The Morgan fingerprint density at radius 2 is 1.79 bits per heavy atom. The molecule has 0 unspecified atom stereocenters. The summed E-state index contributed by atoms with van der Waals surface area (Å²) in [6.07, 6.45) is 2.47. The Morgan fingerprint density at radius 1 is 1.10 bits per heavy atom. The van der Waals surface area contributed by atoms with Crippen LogP contribution in [-0.2, 0) is 29.1 Å². The van der Waals surface area contributed by atoms with E-state index in [1.807, 2.05) is 38.1 Å². The smallest absolute Gasteiger partial charge is 0.220 e.